The highest BCUT2D eigenvalue weighted by Gasteiger charge is 2.30. The average molecular weight is 274 g/mol. The standard InChI is InChI=1S/C16H20NO3/c18-16-15(11-19-14-9-5-2-6-10-14)20-12-17(16)13-7-3-1-4-8-13/h2,5-6,9-10,12-13,15H,1,3-4,7-8,11H2/q-1. The van der Waals surface area contributed by atoms with Gasteiger partial charge in [0.2, 0.25) is 5.91 Å². The van der Waals surface area contributed by atoms with Crippen molar-refractivity contribution >= 4 is 5.91 Å². The van der Waals surface area contributed by atoms with Crippen molar-refractivity contribution in [2.45, 2.75) is 44.2 Å². The highest BCUT2D eigenvalue weighted by molar-refractivity contribution is 5.83. The van der Waals surface area contributed by atoms with E-state index in [0.29, 0.717) is 6.04 Å². The van der Waals surface area contributed by atoms with Crippen LogP contribution in [-0.4, -0.2) is 29.6 Å². The Hall–Kier alpha value is -1.55. The first-order chi connectivity index (χ1) is 9.84. The lowest BCUT2D eigenvalue weighted by Gasteiger charge is -2.36. The second-order valence-electron chi connectivity index (χ2n) is 5.39. The Balaban J connectivity index is 1.53. The number of hydrogen-bond donors (Lipinski definition) is 0. The van der Waals surface area contributed by atoms with Crippen LogP contribution < -0.4 is 4.74 Å². The molecular formula is C16H20NO3-. The number of hydrogen-bond acceptors (Lipinski definition) is 3. The number of amides is 1. The summed E-state index contributed by atoms with van der Waals surface area (Å²) in [7, 11) is 0. The van der Waals surface area contributed by atoms with Gasteiger partial charge in [-0.1, -0.05) is 37.5 Å². The predicted molar refractivity (Wildman–Crippen MR) is 74.8 cm³/mol. The largest absolute Gasteiger partial charge is 0.520 e. The molecule has 108 valence electrons. The fraction of sp³-hybridized carbons (Fsp3) is 0.500. The molecule has 2 aliphatic rings. The summed E-state index contributed by atoms with van der Waals surface area (Å²) < 4.78 is 11.1. The summed E-state index contributed by atoms with van der Waals surface area (Å²) in [5.74, 6) is 0.799. The van der Waals surface area contributed by atoms with Crippen molar-refractivity contribution in [3.05, 3.63) is 37.1 Å². The van der Waals surface area contributed by atoms with Crippen LogP contribution in [0.25, 0.3) is 0 Å². The molecule has 2 fully saturated rings. The smallest absolute Gasteiger partial charge is 0.225 e. The summed E-state index contributed by atoms with van der Waals surface area (Å²) >= 11 is 0. The van der Waals surface area contributed by atoms with Crippen molar-refractivity contribution in [2.24, 2.45) is 0 Å². The second-order valence-corrected chi connectivity index (χ2v) is 5.39. The third-order valence-corrected chi connectivity index (χ3v) is 3.98. The van der Waals surface area contributed by atoms with Crippen molar-refractivity contribution in [3.63, 3.8) is 0 Å². The van der Waals surface area contributed by atoms with E-state index in [-0.39, 0.29) is 12.5 Å². The molecule has 20 heavy (non-hydrogen) atoms. The van der Waals surface area contributed by atoms with Crippen LogP contribution in [0.4, 0.5) is 0 Å². The van der Waals surface area contributed by atoms with Crippen LogP contribution in [0.15, 0.2) is 30.3 Å². The van der Waals surface area contributed by atoms with Crippen LogP contribution in [0.5, 0.6) is 5.75 Å². The Morgan fingerprint density at radius 2 is 1.95 bits per heavy atom. The van der Waals surface area contributed by atoms with Gasteiger partial charge in [-0.2, -0.15) is 0 Å². The molecule has 4 heteroatoms. The minimum atomic E-state index is -0.503. The fourth-order valence-electron chi connectivity index (χ4n) is 2.84. The zero-order chi connectivity index (χ0) is 13.8. The molecule has 1 aliphatic carbocycles. The van der Waals surface area contributed by atoms with E-state index in [9.17, 15) is 4.79 Å². The maximum atomic E-state index is 12.3. The predicted octanol–water partition coefficient (Wildman–Crippen LogP) is 2.74. The van der Waals surface area contributed by atoms with Crippen molar-refractivity contribution < 1.29 is 14.3 Å². The summed E-state index contributed by atoms with van der Waals surface area (Å²) in [4.78, 5) is 14.1. The Kier molecular flexibility index (Phi) is 4.21. The first-order valence-corrected chi connectivity index (χ1v) is 7.33. The van der Waals surface area contributed by atoms with E-state index in [1.807, 2.05) is 30.3 Å². The van der Waals surface area contributed by atoms with Gasteiger partial charge in [0, 0.05) is 6.04 Å². The lowest BCUT2D eigenvalue weighted by Crippen LogP contribution is -2.39. The molecule has 1 atom stereocenters. The number of para-hydroxylation sites is 1. The van der Waals surface area contributed by atoms with Crippen molar-refractivity contribution in [1.82, 2.24) is 4.90 Å². The van der Waals surface area contributed by atoms with Crippen molar-refractivity contribution in [2.75, 3.05) is 6.61 Å². The average Bonchev–Trinajstić information content (AvgIpc) is 2.88. The van der Waals surface area contributed by atoms with Gasteiger partial charge in [-0.3, -0.25) is 4.79 Å². The quantitative estimate of drug-likeness (QED) is 0.792. The topological polar surface area (TPSA) is 38.8 Å². The number of benzene rings is 1. The summed E-state index contributed by atoms with van der Waals surface area (Å²) in [6.45, 7) is 1.86. The van der Waals surface area contributed by atoms with Gasteiger partial charge in [-0.05, 0) is 25.0 Å². The molecule has 0 spiro atoms. The Labute approximate surface area is 119 Å². The number of rotatable bonds is 4. The zero-order valence-electron chi connectivity index (χ0n) is 11.5. The highest BCUT2D eigenvalue weighted by Crippen LogP contribution is 2.28. The minimum absolute atomic E-state index is 0.0350. The molecule has 0 bridgehead atoms. The van der Waals surface area contributed by atoms with Crippen LogP contribution in [0.1, 0.15) is 32.1 Å². The molecule has 3 rings (SSSR count). The van der Waals surface area contributed by atoms with E-state index < -0.39 is 6.10 Å². The van der Waals surface area contributed by atoms with Crippen LogP contribution in [-0.2, 0) is 9.53 Å². The lowest BCUT2D eigenvalue weighted by molar-refractivity contribution is -0.132. The molecule has 4 nitrogen and oxygen atoms in total. The summed E-state index contributed by atoms with van der Waals surface area (Å²) in [6, 6.07) is 9.82. The van der Waals surface area contributed by atoms with Crippen LogP contribution in [0.3, 0.4) is 0 Å². The summed E-state index contributed by atoms with van der Waals surface area (Å²) in [5.41, 5.74) is 0. The summed E-state index contributed by atoms with van der Waals surface area (Å²) in [5, 5.41) is 0. The molecule has 1 heterocycles. The third kappa shape index (κ3) is 2.96. The van der Waals surface area contributed by atoms with Gasteiger partial charge in [0.1, 0.15) is 18.5 Å². The molecule has 0 aromatic heterocycles. The summed E-state index contributed by atoms with van der Waals surface area (Å²) in [6.07, 6.45) is 5.34. The number of nitrogens with zero attached hydrogens (tertiary/aromatic N) is 1. The van der Waals surface area contributed by atoms with Gasteiger partial charge >= 0.3 is 0 Å². The van der Waals surface area contributed by atoms with Gasteiger partial charge in [0.25, 0.3) is 0 Å². The maximum absolute atomic E-state index is 12.3. The van der Waals surface area contributed by atoms with E-state index in [4.69, 9.17) is 9.47 Å². The van der Waals surface area contributed by atoms with Gasteiger partial charge in [0.05, 0.1) is 0 Å². The molecule has 1 aliphatic heterocycles. The molecule has 1 amide bonds. The van der Waals surface area contributed by atoms with Crippen LogP contribution >= 0.6 is 0 Å². The highest BCUT2D eigenvalue weighted by atomic mass is 16.6. The molecule has 0 N–H and O–H groups in total. The van der Waals surface area contributed by atoms with E-state index in [0.717, 1.165) is 18.6 Å². The van der Waals surface area contributed by atoms with Gasteiger partial charge in [-0.25, -0.2) is 0 Å². The SMILES string of the molecule is O=C1C(COc2ccccc2)O[CH-]N1C1CCCCC1. The van der Waals surface area contributed by atoms with Gasteiger partial charge in [-0.15, -0.1) is 6.73 Å². The first-order valence-electron chi connectivity index (χ1n) is 7.33. The number of ether oxygens (including phenoxy) is 2. The van der Waals surface area contributed by atoms with E-state index in [1.165, 1.54) is 19.3 Å². The van der Waals surface area contributed by atoms with Crippen LogP contribution in [0, 0.1) is 6.73 Å². The minimum Gasteiger partial charge on any atom is -0.520 e. The fourth-order valence-corrected chi connectivity index (χ4v) is 2.84. The molecule has 1 saturated carbocycles. The van der Waals surface area contributed by atoms with Crippen molar-refractivity contribution in [3.8, 4) is 5.75 Å². The molecule has 0 radical (unpaired) electrons. The Bertz CT molecular complexity index is 442. The molecule has 1 aromatic carbocycles. The van der Waals surface area contributed by atoms with Crippen LogP contribution in [0.2, 0.25) is 0 Å². The number of carbonyl (C=O) groups excluding carboxylic acids is 1. The van der Waals surface area contributed by atoms with E-state index in [1.54, 1.807) is 11.6 Å². The van der Waals surface area contributed by atoms with Crippen molar-refractivity contribution in [1.29, 1.82) is 0 Å². The van der Waals surface area contributed by atoms with E-state index >= 15 is 0 Å². The van der Waals surface area contributed by atoms with E-state index in [2.05, 4.69) is 0 Å². The molecular weight excluding hydrogens is 254 g/mol. The molecule has 1 unspecified atom stereocenters. The number of carbonyl (C=O) groups is 1. The second kappa shape index (κ2) is 6.27. The third-order valence-electron chi connectivity index (χ3n) is 3.98. The monoisotopic (exact) mass is 274 g/mol. The van der Waals surface area contributed by atoms with Gasteiger partial charge in [0.15, 0.2) is 0 Å². The Morgan fingerprint density at radius 1 is 1.20 bits per heavy atom. The molecule has 1 aromatic rings. The maximum Gasteiger partial charge on any atom is 0.225 e. The zero-order valence-corrected chi connectivity index (χ0v) is 11.5. The normalized spacial score (nSPS) is 24.1. The Morgan fingerprint density at radius 3 is 2.70 bits per heavy atom. The molecule has 1 saturated heterocycles. The first kappa shape index (κ1) is 13.4. The lowest BCUT2D eigenvalue weighted by atomic mass is 9.94. The van der Waals surface area contributed by atoms with Gasteiger partial charge < -0.3 is 14.4 Å².